The van der Waals surface area contributed by atoms with Gasteiger partial charge >= 0.3 is 0 Å². The van der Waals surface area contributed by atoms with Crippen LogP contribution in [-0.2, 0) is 16.8 Å². The predicted octanol–water partition coefficient (Wildman–Crippen LogP) is 1.76. The second kappa shape index (κ2) is 4.98. The van der Waals surface area contributed by atoms with Gasteiger partial charge in [0.15, 0.2) is 0 Å². The van der Waals surface area contributed by atoms with Gasteiger partial charge in [-0.15, -0.1) is 0 Å². The molecule has 5 heteroatoms. The molecular weight excluding hydrogens is 264 g/mol. The number of amides is 1. The molecule has 3 rings (SSSR count). The molecule has 110 valence electrons. The Balaban J connectivity index is 1.66. The lowest BCUT2D eigenvalue weighted by Gasteiger charge is -2.21. The molecule has 0 radical (unpaired) electrons. The van der Waals surface area contributed by atoms with Gasteiger partial charge in [-0.1, -0.05) is 44.2 Å². The van der Waals surface area contributed by atoms with E-state index >= 15 is 0 Å². The fourth-order valence-electron chi connectivity index (χ4n) is 3.12. The summed E-state index contributed by atoms with van der Waals surface area (Å²) in [4.78, 5) is 13.4. The molecule has 21 heavy (non-hydrogen) atoms. The molecule has 0 aliphatic heterocycles. The van der Waals surface area contributed by atoms with Crippen LogP contribution in [0, 0.1) is 5.41 Å². The first-order valence-electron chi connectivity index (χ1n) is 7.20. The van der Waals surface area contributed by atoms with Crippen LogP contribution in [0.15, 0.2) is 42.7 Å². The zero-order valence-electron chi connectivity index (χ0n) is 12.4. The molecule has 0 unspecified atom stereocenters. The molecule has 1 aliphatic carbocycles. The van der Waals surface area contributed by atoms with Crippen LogP contribution in [0.4, 0.5) is 0 Å². The van der Waals surface area contributed by atoms with Crippen LogP contribution in [0.3, 0.4) is 0 Å². The second-order valence-corrected chi connectivity index (χ2v) is 6.35. The zero-order chi connectivity index (χ0) is 14.9. The summed E-state index contributed by atoms with van der Waals surface area (Å²) in [5.74, 6) is -0.0517. The molecule has 1 aromatic carbocycles. The molecular formula is C16H20N4O. The van der Waals surface area contributed by atoms with Crippen molar-refractivity contribution in [1.82, 2.24) is 20.3 Å². The molecule has 1 fully saturated rings. The van der Waals surface area contributed by atoms with Crippen molar-refractivity contribution in [3.8, 4) is 0 Å². The SMILES string of the molecule is CC1(C)C[C@@]1(CNC(=O)Cn1nccn1)c1ccccc1. The van der Waals surface area contributed by atoms with Crippen molar-refractivity contribution in [2.24, 2.45) is 5.41 Å². The van der Waals surface area contributed by atoms with E-state index in [0.29, 0.717) is 6.54 Å². The third kappa shape index (κ3) is 2.55. The maximum atomic E-state index is 12.0. The molecule has 1 atom stereocenters. The standard InChI is InChI=1S/C16H20N4O/c1-15(2)11-16(15,13-6-4-3-5-7-13)12-17-14(21)10-20-18-8-9-19-20/h3-9H,10-12H2,1-2H3,(H,17,21)/t16-/m1/s1. The van der Waals surface area contributed by atoms with E-state index in [0.717, 1.165) is 6.42 Å². The minimum absolute atomic E-state index is 0.0431. The maximum absolute atomic E-state index is 12.0. The average Bonchev–Trinajstić information content (AvgIpc) is 2.81. The minimum atomic E-state index is -0.0517. The van der Waals surface area contributed by atoms with Crippen LogP contribution >= 0.6 is 0 Å². The predicted molar refractivity (Wildman–Crippen MR) is 79.5 cm³/mol. The van der Waals surface area contributed by atoms with Crippen molar-refractivity contribution in [3.63, 3.8) is 0 Å². The minimum Gasteiger partial charge on any atom is -0.354 e. The number of nitrogens with one attached hydrogen (secondary N) is 1. The highest BCUT2D eigenvalue weighted by molar-refractivity contribution is 5.75. The number of hydrogen-bond acceptors (Lipinski definition) is 3. The summed E-state index contributed by atoms with van der Waals surface area (Å²) in [6.07, 6.45) is 4.23. The van der Waals surface area contributed by atoms with Gasteiger partial charge in [-0.25, -0.2) is 0 Å². The Hall–Kier alpha value is -2.17. The smallest absolute Gasteiger partial charge is 0.243 e. The van der Waals surface area contributed by atoms with Gasteiger partial charge in [0.2, 0.25) is 5.91 Å². The molecule has 5 nitrogen and oxygen atoms in total. The first-order valence-corrected chi connectivity index (χ1v) is 7.20. The Bertz CT molecular complexity index is 621. The topological polar surface area (TPSA) is 59.8 Å². The monoisotopic (exact) mass is 284 g/mol. The average molecular weight is 284 g/mol. The molecule has 1 aromatic heterocycles. The summed E-state index contributed by atoms with van der Waals surface area (Å²) in [5, 5.41) is 10.9. The van der Waals surface area contributed by atoms with E-state index in [-0.39, 0.29) is 23.3 Å². The maximum Gasteiger partial charge on any atom is 0.243 e. The number of carbonyl (C=O) groups excluding carboxylic acids is 1. The van der Waals surface area contributed by atoms with E-state index < -0.39 is 0 Å². The van der Waals surface area contributed by atoms with Crippen molar-refractivity contribution < 1.29 is 4.79 Å². The van der Waals surface area contributed by atoms with Gasteiger partial charge in [0.1, 0.15) is 6.54 Å². The molecule has 1 aliphatic rings. The fraction of sp³-hybridized carbons (Fsp3) is 0.438. The highest BCUT2D eigenvalue weighted by Crippen LogP contribution is 2.63. The van der Waals surface area contributed by atoms with Crippen LogP contribution < -0.4 is 5.32 Å². The number of hydrogen-bond donors (Lipinski definition) is 1. The Kier molecular flexibility index (Phi) is 3.27. The van der Waals surface area contributed by atoms with Crippen LogP contribution in [0.5, 0.6) is 0 Å². The van der Waals surface area contributed by atoms with Crippen molar-refractivity contribution in [1.29, 1.82) is 0 Å². The van der Waals surface area contributed by atoms with E-state index in [2.05, 4.69) is 53.6 Å². The fourth-order valence-corrected chi connectivity index (χ4v) is 3.12. The van der Waals surface area contributed by atoms with E-state index in [1.165, 1.54) is 10.4 Å². The Morgan fingerprint density at radius 2 is 1.86 bits per heavy atom. The van der Waals surface area contributed by atoms with Crippen LogP contribution in [-0.4, -0.2) is 27.4 Å². The first kappa shape index (κ1) is 13.8. The summed E-state index contributed by atoms with van der Waals surface area (Å²) < 4.78 is 0. The van der Waals surface area contributed by atoms with Gasteiger partial charge in [0.05, 0.1) is 12.4 Å². The molecule has 0 saturated heterocycles. The van der Waals surface area contributed by atoms with Gasteiger partial charge < -0.3 is 5.32 Å². The number of nitrogens with zero attached hydrogens (tertiary/aromatic N) is 3. The zero-order valence-corrected chi connectivity index (χ0v) is 12.4. The summed E-state index contributed by atoms with van der Waals surface area (Å²) >= 11 is 0. The molecule has 1 heterocycles. The Morgan fingerprint density at radius 3 is 2.43 bits per heavy atom. The lowest BCUT2D eigenvalue weighted by Crippen LogP contribution is -2.36. The van der Waals surface area contributed by atoms with Crippen molar-refractivity contribution in [2.75, 3.05) is 6.54 Å². The third-order valence-electron chi connectivity index (χ3n) is 4.58. The largest absolute Gasteiger partial charge is 0.354 e. The van der Waals surface area contributed by atoms with Gasteiger partial charge in [0, 0.05) is 12.0 Å². The van der Waals surface area contributed by atoms with E-state index in [1.807, 2.05) is 6.07 Å². The summed E-state index contributed by atoms with van der Waals surface area (Å²) in [6, 6.07) is 10.4. The van der Waals surface area contributed by atoms with Crippen LogP contribution in [0.1, 0.15) is 25.8 Å². The summed E-state index contributed by atoms with van der Waals surface area (Å²) in [7, 11) is 0. The van der Waals surface area contributed by atoms with Crippen molar-refractivity contribution >= 4 is 5.91 Å². The molecule has 1 saturated carbocycles. The first-order chi connectivity index (χ1) is 10.0. The van der Waals surface area contributed by atoms with Crippen LogP contribution in [0.2, 0.25) is 0 Å². The number of aromatic nitrogens is 3. The van der Waals surface area contributed by atoms with Gasteiger partial charge in [0.25, 0.3) is 0 Å². The molecule has 1 N–H and O–H groups in total. The third-order valence-corrected chi connectivity index (χ3v) is 4.58. The van der Waals surface area contributed by atoms with E-state index in [9.17, 15) is 4.79 Å². The van der Waals surface area contributed by atoms with Gasteiger partial charge in [-0.2, -0.15) is 15.0 Å². The number of benzene rings is 1. The Morgan fingerprint density at radius 1 is 1.24 bits per heavy atom. The lowest BCUT2D eigenvalue weighted by molar-refractivity contribution is -0.122. The molecule has 1 amide bonds. The molecule has 0 bridgehead atoms. The lowest BCUT2D eigenvalue weighted by atomic mass is 9.88. The van der Waals surface area contributed by atoms with Crippen molar-refractivity contribution in [3.05, 3.63) is 48.3 Å². The van der Waals surface area contributed by atoms with Crippen molar-refractivity contribution in [2.45, 2.75) is 32.2 Å². The normalized spacial score (nSPS) is 22.8. The highest BCUT2D eigenvalue weighted by Gasteiger charge is 2.61. The molecule has 0 spiro atoms. The summed E-state index contributed by atoms with van der Waals surface area (Å²) in [6.45, 7) is 5.32. The van der Waals surface area contributed by atoms with Gasteiger partial charge in [-0.3, -0.25) is 4.79 Å². The van der Waals surface area contributed by atoms with E-state index in [4.69, 9.17) is 0 Å². The Labute approximate surface area is 124 Å². The number of carbonyl (C=O) groups is 1. The van der Waals surface area contributed by atoms with Gasteiger partial charge in [-0.05, 0) is 17.4 Å². The summed E-state index contributed by atoms with van der Waals surface area (Å²) in [5.41, 5.74) is 1.56. The quantitative estimate of drug-likeness (QED) is 0.910. The highest BCUT2D eigenvalue weighted by atomic mass is 16.2. The van der Waals surface area contributed by atoms with E-state index in [1.54, 1.807) is 12.4 Å². The van der Waals surface area contributed by atoms with Crippen LogP contribution in [0.25, 0.3) is 0 Å². The second-order valence-electron chi connectivity index (χ2n) is 6.35. The molecule has 2 aromatic rings. The number of rotatable bonds is 5.